The van der Waals surface area contributed by atoms with Crippen molar-refractivity contribution in [1.29, 1.82) is 0 Å². The largest absolute Gasteiger partial charge is 0.391 e. The summed E-state index contributed by atoms with van der Waals surface area (Å²) in [5, 5.41) is 15.9. The average molecular weight is 310 g/mol. The van der Waals surface area contributed by atoms with Crippen molar-refractivity contribution in [3.63, 3.8) is 0 Å². The minimum Gasteiger partial charge on any atom is -0.391 e. The highest BCUT2D eigenvalue weighted by Crippen LogP contribution is 2.23. The van der Waals surface area contributed by atoms with Gasteiger partial charge in [0.2, 0.25) is 0 Å². The summed E-state index contributed by atoms with van der Waals surface area (Å²) in [6, 6.07) is 0.192. The van der Waals surface area contributed by atoms with Crippen LogP contribution in [0.2, 0.25) is 0 Å². The van der Waals surface area contributed by atoms with Crippen molar-refractivity contribution in [2.45, 2.75) is 58.8 Å². The molecule has 1 amide bonds. The normalized spacial score (nSPS) is 21.3. The maximum absolute atomic E-state index is 12.4. The number of rotatable bonds is 7. The van der Waals surface area contributed by atoms with Crippen LogP contribution in [-0.4, -0.2) is 47.8 Å². The molecule has 6 nitrogen and oxygen atoms in total. The highest BCUT2D eigenvalue weighted by Gasteiger charge is 2.26. The minimum absolute atomic E-state index is 0.192. The maximum Gasteiger partial charge on any atom is 0.256 e. The van der Waals surface area contributed by atoms with Gasteiger partial charge in [-0.15, -0.1) is 0 Å². The maximum atomic E-state index is 12.4. The quantitative estimate of drug-likeness (QED) is 0.518. The molecule has 3 atom stereocenters. The molecule has 0 aromatic heterocycles. The number of likely N-dealkylation sites (N-methyl/N-ethyl adjacent to an activating group) is 1. The Bertz CT molecular complexity index is 457. The van der Waals surface area contributed by atoms with Crippen molar-refractivity contribution >= 4 is 5.91 Å². The standard InChI is InChI=1S/C16H30N4O2/c1-6-7-13(21)9-18-15-14(16(22)19-12(4)17)8-10(2)11(3)20(15)5/h8,11-13,18,21H,6-7,9,17H2,1-5H3,(H,19,22)/t11?,12?,13-/m1/s1. The fourth-order valence-corrected chi connectivity index (χ4v) is 2.43. The number of carbonyl (C=O) groups is 1. The molecular weight excluding hydrogens is 280 g/mol. The molecule has 0 saturated heterocycles. The van der Waals surface area contributed by atoms with Gasteiger partial charge in [-0.25, -0.2) is 0 Å². The fourth-order valence-electron chi connectivity index (χ4n) is 2.43. The Morgan fingerprint density at radius 1 is 1.55 bits per heavy atom. The molecule has 22 heavy (non-hydrogen) atoms. The third-order valence-corrected chi connectivity index (χ3v) is 3.95. The molecule has 0 spiro atoms. The van der Waals surface area contributed by atoms with E-state index in [9.17, 15) is 9.90 Å². The summed E-state index contributed by atoms with van der Waals surface area (Å²) < 4.78 is 0. The third kappa shape index (κ3) is 4.74. The van der Waals surface area contributed by atoms with Gasteiger partial charge in [-0.1, -0.05) is 18.9 Å². The highest BCUT2D eigenvalue weighted by molar-refractivity contribution is 5.97. The Labute approximate surface area is 133 Å². The monoisotopic (exact) mass is 310 g/mol. The summed E-state index contributed by atoms with van der Waals surface area (Å²) in [5.41, 5.74) is 7.32. The molecule has 0 bridgehead atoms. The molecule has 0 fully saturated rings. The number of aliphatic hydroxyl groups is 1. The number of carbonyl (C=O) groups excluding carboxylic acids is 1. The van der Waals surface area contributed by atoms with Gasteiger partial charge < -0.3 is 26.4 Å². The van der Waals surface area contributed by atoms with Gasteiger partial charge in [0.05, 0.1) is 17.8 Å². The van der Waals surface area contributed by atoms with Crippen molar-refractivity contribution in [2.24, 2.45) is 5.73 Å². The summed E-state index contributed by atoms with van der Waals surface area (Å²) in [6.45, 7) is 8.26. The van der Waals surface area contributed by atoms with Crippen LogP contribution >= 0.6 is 0 Å². The second-order valence-electron chi connectivity index (χ2n) is 6.02. The Morgan fingerprint density at radius 2 is 2.18 bits per heavy atom. The van der Waals surface area contributed by atoms with E-state index in [0.29, 0.717) is 12.1 Å². The van der Waals surface area contributed by atoms with E-state index in [1.54, 1.807) is 6.92 Å². The van der Waals surface area contributed by atoms with Gasteiger partial charge in [0, 0.05) is 19.6 Å². The van der Waals surface area contributed by atoms with E-state index < -0.39 is 12.3 Å². The Morgan fingerprint density at radius 3 is 2.73 bits per heavy atom. The number of hydrogen-bond donors (Lipinski definition) is 4. The van der Waals surface area contributed by atoms with E-state index >= 15 is 0 Å². The molecule has 6 heteroatoms. The summed E-state index contributed by atoms with van der Waals surface area (Å²) in [6.07, 6.45) is 2.70. The number of aliphatic hydroxyl groups excluding tert-OH is 1. The lowest BCUT2D eigenvalue weighted by Crippen LogP contribution is -2.46. The summed E-state index contributed by atoms with van der Waals surface area (Å²) in [5.74, 6) is 0.520. The van der Waals surface area contributed by atoms with Crippen LogP contribution in [0.15, 0.2) is 23.0 Å². The van der Waals surface area contributed by atoms with Crippen molar-refractivity contribution in [3.05, 3.63) is 23.0 Å². The van der Waals surface area contributed by atoms with Crippen LogP contribution in [0.25, 0.3) is 0 Å². The summed E-state index contributed by atoms with van der Waals surface area (Å²) in [4.78, 5) is 14.4. The van der Waals surface area contributed by atoms with Crippen molar-refractivity contribution < 1.29 is 9.90 Å². The lowest BCUT2D eigenvalue weighted by Gasteiger charge is -2.36. The van der Waals surface area contributed by atoms with Crippen molar-refractivity contribution in [2.75, 3.05) is 13.6 Å². The fraction of sp³-hybridized carbons (Fsp3) is 0.688. The zero-order chi connectivity index (χ0) is 16.9. The van der Waals surface area contributed by atoms with Crippen molar-refractivity contribution in [1.82, 2.24) is 15.5 Å². The van der Waals surface area contributed by atoms with Crippen molar-refractivity contribution in [3.8, 4) is 0 Å². The predicted molar refractivity (Wildman–Crippen MR) is 88.7 cm³/mol. The SMILES string of the molecule is CCC[C@@H](O)CNC1=C(C(=O)NC(C)N)C=C(C)C(C)N1C. The molecule has 0 aromatic carbocycles. The molecule has 2 unspecified atom stereocenters. The Balaban J connectivity index is 3.00. The Kier molecular flexibility index (Phi) is 6.90. The Hall–Kier alpha value is -1.53. The van der Waals surface area contributed by atoms with Gasteiger partial charge in [-0.3, -0.25) is 4.79 Å². The van der Waals surface area contributed by atoms with Crippen LogP contribution in [0.5, 0.6) is 0 Å². The molecule has 1 heterocycles. The van der Waals surface area contributed by atoms with Gasteiger partial charge in [0.1, 0.15) is 5.82 Å². The first-order valence-corrected chi connectivity index (χ1v) is 7.91. The van der Waals surface area contributed by atoms with Gasteiger partial charge in [-0.2, -0.15) is 0 Å². The smallest absolute Gasteiger partial charge is 0.256 e. The molecule has 0 aromatic rings. The van der Waals surface area contributed by atoms with Crippen LogP contribution < -0.4 is 16.4 Å². The first-order valence-electron chi connectivity index (χ1n) is 7.91. The molecule has 0 aliphatic carbocycles. The van der Waals surface area contributed by atoms with E-state index in [-0.39, 0.29) is 11.9 Å². The van der Waals surface area contributed by atoms with E-state index in [4.69, 9.17) is 5.73 Å². The van der Waals surface area contributed by atoms with E-state index in [1.807, 2.05) is 31.9 Å². The lowest BCUT2D eigenvalue weighted by molar-refractivity contribution is -0.117. The second-order valence-corrected chi connectivity index (χ2v) is 6.02. The van der Waals surface area contributed by atoms with E-state index in [0.717, 1.165) is 24.2 Å². The van der Waals surface area contributed by atoms with Crippen LogP contribution in [0, 0.1) is 0 Å². The number of nitrogens with one attached hydrogen (secondary N) is 2. The first kappa shape index (κ1) is 18.5. The summed E-state index contributed by atoms with van der Waals surface area (Å²) >= 11 is 0. The highest BCUT2D eigenvalue weighted by atomic mass is 16.3. The van der Waals surface area contributed by atoms with Crippen LogP contribution in [0.3, 0.4) is 0 Å². The average Bonchev–Trinajstić information content (AvgIpc) is 2.43. The molecule has 0 radical (unpaired) electrons. The molecule has 126 valence electrons. The minimum atomic E-state index is -0.425. The van der Waals surface area contributed by atoms with E-state index in [2.05, 4.69) is 17.6 Å². The lowest BCUT2D eigenvalue weighted by atomic mass is 10.00. The third-order valence-electron chi connectivity index (χ3n) is 3.95. The number of hydrogen-bond acceptors (Lipinski definition) is 5. The van der Waals surface area contributed by atoms with Crippen LogP contribution in [-0.2, 0) is 4.79 Å². The molecule has 0 saturated carbocycles. The van der Waals surface area contributed by atoms with Gasteiger partial charge >= 0.3 is 0 Å². The molecule has 1 aliphatic heterocycles. The number of amides is 1. The topological polar surface area (TPSA) is 90.6 Å². The van der Waals surface area contributed by atoms with E-state index in [1.165, 1.54) is 0 Å². The molecule has 1 aliphatic rings. The molecular formula is C16H30N4O2. The second kappa shape index (κ2) is 8.19. The van der Waals surface area contributed by atoms with Crippen LogP contribution in [0.1, 0.15) is 40.5 Å². The zero-order valence-corrected chi connectivity index (χ0v) is 14.3. The number of nitrogens with zero attached hydrogens (tertiary/aromatic N) is 1. The molecule has 1 rings (SSSR count). The predicted octanol–water partition coefficient (Wildman–Crippen LogP) is 0.650. The first-order chi connectivity index (χ1) is 10.3. The zero-order valence-electron chi connectivity index (χ0n) is 14.3. The van der Waals surface area contributed by atoms with Gasteiger partial charge in [0.25, 0.3) is 5.91 Å². The van der Waals surface area contributed by atoms with Gasteiger partial charge in [0.15, 0.2) is 0 Å². The molecule has 5 N–H and O–H groups in total. The van der Waals surface area contributed by atoms with Gasteiger partial charge in [-0.05, 0) is 33.3 Å². The van der Waals surface area contributed by atoms with Crippen LogP contribution in [0.4, 0.5) is 0 Å². The number of nitrogens with two attached hydrogens (primary N) is 1. The summed E-state index contributed by atoms with van der Waals surface area (Å²) in [7, 11) is 1.94.